The maximum Gasteiger partial charge on any atom is 0.164 e. The molecule has 9 rings (SSSR count). The Morgan fingerprint density at radius 1 is 0.556 bits per heavy atom. The summed E-state index contributed by atoms with van der Waals surface area (Å²) >= 11 is 0. The van der Waals surface area contributed by atoms with Gasteiger partial charge in [0.15, 0.2) is 17.5 Å². The summed E-state index contributed by atoms with van der Waals surface area (Å²) < 4.78 is 2.41. The minimum Gasteiger partial charge on any atom is -0.313 e. The molecule has 54 heavy (non-hydrogen) atoms. The van der Waals surface area contributed by atoms with E-state index >= 15 is 0 Å². The molecule has 5 nitrogen and oxygen atoms in total. The van der Waals surface area contributed by atoms with Gasteiger partial charge in [0.1, 0.15) is 0 Å². The molecule has 1 aliphatic rings. The molecule has 0 unspecified atom stereocenters. The van der Waals surface area contributed by atoms with Gasteiger partial charge in [-0.2, -0.15) is 0 Å². The summed E-state index contributed by atoms with van der Waals surface area (Å²) in [5.41, 5.74) is 13.9. The maximum atomic E-state index is 4.98. The first-order valence-electron chi connectivity index (χ1n) is 18.2. The molecule has 5 heteroatoms. The molecule has 0 N–H and O–H groups in total. The smallest absolute Gasteiger partial charge is 0.164 e. The molecule has 0 aliphatic carbocycles. The van der Waals surface area contributed by atoms with Crippen LogP contribution >= 0.6 is 0 Å². The fourth-order valence-electron chi connectivity index (χ4n) is 7.42. The SMILES string of the molecule is C=C(C)/C=C\C1=C(C)N(c2ccc(-c3nc(-c4ccccc4)nc(-c4ccccc4)n3)cc2)c2ccccc2-c2c1n(-c1ccccc1)c1ccccc21. The molecule has 2 aromatic heterocycles. The zero-order chi connectivity index (χ0) is 36.6. The normalized spacial score (nSPS) is 12.5. The second-order valence-electron chi connectivity index (χ2n) is 13.5. The Balaban J connectivity index is 1.24. The van der Waals surface area contributed by atoms with E-state index in [-0.39, 0.29) is 0 Å². The molecule has 3 heterocycles. The predicted molar refractivity (Wildman–Crippen MR) is 224 cm³/mol. The van der Waals surface area contributed by atoms with Gasteiger partial charge in [-0.15, -0.1) is 0 Å². The van der Waals surface area contributed by atoms with Crippen molar-refractivity contribution < 1.29 is 0 Å². The number of para-hydroxylation sites is 3. The van der Waals surface area contributed by atoms with Crippen molar-refractivity contribution in [2.75, 3.05) is 4.90 Å². The molecule has 0 saturated carbocycles. The number of nitrogens with zero attached hydrogens (tertiary/aromatic N) is 5. The van der Waals surface area contributed by atoms with Crippen LogP contribution in [0, 0.1) is 0 Å². The first-order valence-corrected chi connectivity index (χ1v) is 18.2. The number of allylic oxidation sites excluding steroid dienone is 5. The molecule has 0 spiro atoms. The Hall–Kier alpha value is -7.11. The van der Waals surface area contributed by atoms with Gasteiger partial charge in [-0.25, -0.2) is 15.0 Å². The van der Waals surface area contributed by atoms with Crippen LogP contribution in [0.1, 0.15) is 19.5 Å². The van der Waals surface area contributed by atoms with E-state index in [2.05, 4.69) is 138 Å². The van der Waals surface area contributed by atoms with E-state index in [1.54, 1.807) is 0 Å². The minimum atomic E-state index is 0.624. The third-order valence-electron chi connectivity index (χ3n) is 9.90. The van der Waals surface area contributed by atoms with Gasteiger partial charge in [-0.1, -0.05) is 140 Å². The van der Waals surface area contributed by atoms with Gasteiger partial charge < -0.3 is 9.47 Å². The second kappa shape index (κ2) is 13.8. The quantitative estimate of drug-likeness (QED) is 0.156. The molecule has 0 saturated heterocycles. The molecule has 258 valence electrons. The molecule has 0 amide bonds. The van der Waals surface area contributed by atoms with Crippen molar-refractivity contribution >= 4 is 27.9 Å². The summed E-state index contributed by atoms with van der Waals surface area (Å²) in [6.45, 7) is 8.48. The van der Waals surface area contributed by atoms with E-state index in [9.17, 15) is 0 Å². The summed E-state index contributed by atoms with van der Waals surface area (Å²) in [7, 11) is 0. The topological polar surface area (TPSA) is 46.8 Å². The number of aromatic nitrogens is 4. The lowest BCUT2D eigenvalue weighted by molar-refractivity contribution is 1.07. The fraction of sp³-hybridized carbons (Fsp3) is 0.0408. The molecule has 6 aromatic carbocycles. The highest BCUT2D eigenvalue weighted by Gasteiger charge is 2.30. The monoisotopic (exact) mass is 695 g/mol. The third-order valence-corrected chi connectivity index (χ3v) is 9.90. The molecular formula is C49H37N5. The van der Waals surface area contributed by atoms with Gasteiger partial charge in [0.2, 0.25) is 0 Å². The van der Waals surface area contributed by atoms with Crippen molar-refractivity contribution in [1.82, 2.24) is 19.5 Å². The van der Waals surface area contributed by atoms with E-state index in [0.29, 0.717) is 17.5 Å². The van der Waals surface area contributed by atoms with E-state index in [4.69, 9.17) is 15.0 Å². The van der Waals surface area contributed by atoms with Crippen molar-refractivity contribution in [3.05, 3.63) is 199 Å². The highest BCUT2D eigenvalue weighted by atomic mass is 15.2. The number of hydrogen-bond donors (Lipinski definition) is 0. The molecule has 0 radical (unpaired) electrons. The van der Waals surface area contributed by atoms with Crippen molar-refractivity contribution in [3.63, 3.8) is 0 Å². The lowest BCUT2D eigenvalue weighted by Crippen LogP contribution is -2.16. The van der Waals surface area contributed by atoms with Crippen LogP contribution in [0.25, 0.3) is 67.5 Å². The van der Waals surface area contributed by atoms with Gasteiger partial charge in [0.05, 0.1) is 16.9 Å². The highest BCUT2D eigenvalue weighted by Crippen LogP contribution is 2.50. The summed E-state index contributed by atoms with van der Waals surface area (Å²) in [5, 5.41) is 1.20. The first kappa shape index (κ1) is 32.8. The Morgan fingerprint density at radius 3 is 1.69 bits per heavy atom. The number of fused-ring (bicyclic) bond motifs is 5. The standard InChI is InChI=1S/C49H37N5/c1-33(2)27-32-40-34(3)53(43-25-15-13-23-41(43)45-42-24-14-16-26-44(42)54(46(40)45)38-21-11-6-12-22-38)39-30-28-37(29-31-39)49-51-47(35-17-7-4-8-18-35)50-48(52-49)36-19-9-5-10-20-36/h4-32H,1H2,2-3H3/b32-27-. The summed E-state index contributed by atoms with van der Waals surface area (Å²) in [4.78, 5) is 17.2. The van der Waals surface area contributed by atoms with E-state index in [1.165, 1.54) is 10.9 Å². The van der Waals surface area contributed by atoms with E-state index < -0.39 is 0 Å². The molecule has 1 aliphatic heterocycles. The van der Waals surface area contributed by atoms with Crippen molar-refractivity contribution in [2.24, 2.45) is 0 Å². The summed E-state index contributed by atoms with van der Waals surface area (Å²) in [6, 6.07) is 56.8. The van der Waals surface area contributed by atoms with Crippen molar-refractivity contribution in [1.29, 1.82) is 0 Å². The average Bonchev–Trinajstić information content (AvgIpc) is 3.52. The van der Waals surface area contributed by atoms with Crippen molar-refractivity contribution in [3.8, 4) is 51.0 Å². The third kappa shape index (κ3) is 5.82. The van der Waals surface area contributed by atoms with Gasteiger partial charge in [0, 0.05) is 55.8 Å². The Bertz CT molecular complexity index is 2670. The number of hydrogen-bond acceptors (Lipinski definition) is 4. The number of benzene rings is 6. The molecule has 0 atom stereocenters. The predicted octanol–water partition coefficient (Wildman–Crippen LogP) is 12.5. The van der Waals surface area contributed by atoms with E-state index in [0.717, 1.165) is 67.4 Å². The van der Waals surface area contributed by atoms with Crippen LogP contribution in [-0.4, -0.2) is 19.5 Å². The largest absolute Gasteiger partial charge is 0.313 e. The second-order valence-corrected chi connectivity index (χ2v) is 13.5. The molecule has 0 bridgehead atoms. The molecule has 8 aromatic rings. The van der Waals surface area contributed by atoms with Crippen LogP contribution in [0.3, 0.4) is 0 Å². The van der Waals surface area contributed by atoms with Crippen LogP contribution in [0.15, 0.2) is 194 Å². The van der Waals surface area contributed by atoms with Crippen LogP contribution in [0.5, 0.6) is 0 Å². The zero-order valence-corrected chi connectivity index (χ0v) is 30.2. The fourth-order valence-corrected chi connectivity index (χ4v) is 7.42. The van der Waals surface area contributed by atoms with Crippen LogP contribution < -0.4 is 4.90 Å². The molecular weight excluding hydrogens is 659 g/mol. The zero-order valence-electron chi connectivity index (χ0n) is 30.2. The van der Waals surface area contributed by atoms with Crippen LogP contribution in [-0.2, 0) is 0 Å². The maximum absolute atomic E-state index is 4.98. The van der Waals surface area contributed by atoms with Crippen LogP contribution in [0.4, 0.5) is 11.4 Å². The average molecular weight is 696 g/mol. The van der Waals surface area contributed by atoms with Gasteiger partial charge >= 0.3 is 0 Å². The van der Waals surface area contributed by atoms with Crippen molar-refractivity contribution in [2.45, 2.75) is 13.8 Å². The van der Waals surface area contributed by atoms with Gasteiger partial charge in [-0.05, 0) is 62.4 Å². The summed E-state index contributed by atoms with van der Waals surface area (Å²) in [6.07, 6.45) is 4.34. The summed E-state index contributed by atoms with van der Waals surface area (Å²) in [5.74, 6) is 1.90. The lowest BCUT2D eigenvalue weighted by atomic mass is 9.97. The van der Waals surface area contributed by atoms with Crippen LogP contribution in [0.2, 0.25) is 0 Å². The minimum absolute atomic E-state index is 0.624. The Kier molecular flexibility index (Phi) is 8.37. The highest BCUT2D eigenvalue weighted by molar-refractivity contribution is 6.10. The number of rotatable bonds is 7. The van der Waals surface area contributed by atoms with Gasteiger partial charge in [-0.3, -0.25) is 0 Å². The van der Waals surface area contributed by atoms with Gasteiger partial charge in [0.25, 0.3) is 0 Å². The Morgan fingerprint density at radius 2 is 1.07 bits per heavy atom. The number of anilines is 2. The lowest BCUT2D eigenvalue weighted by Gasteiger charge is -2.28. The Labute approximate surface area is 315 Å². The first-order chi connectivity index (χ1) is 26.5. The molecule has 0 fully saturated rings. The van der Waals surface area contributed by atoms with E-state index in [1.807, 2.05) is 67.6 Å².